The van der Waals surface area contributed by atoms with Crippen molar-refractivity contribution in [1.82, 2.24) is 5.32 Å². The van der Waals surface area contributed by atoms with Gasteiger partial charge in [0.1, 0.15) is 5.82 Å². The molecule has 0 aromatic heterocycles. The molecule has 1 N–H and O–H groups in total. The zero-order valence-electron chi connectivity index (χ0n) is 9.76. The first-order valence-electron chi connectivity index (χ1n) is 5.61. The summed E-state index contributed by atoms with van der Waals surface area (Å²) < 4.78 is 13.1. The summed E-state index contributed by atoms with van der Waals surface area (Å²) in [6.07, 6.45) is 2.32. The van der Waals surface area contributed by atoms with E-state index in [2.05, 4.69) is 19.2 Å². The minimum atomic E-state index is -0.156. The molecule has 0 heterocycles. The average molecular weight is 209 g/mol. The predicted octanol–water partition coefficient (Wildman–Crippen LogP) is 3.52. The lowest BCUT2D eigenvalue weighted by Gasteiger charge is -2.23. The molecular weight excluding hydrogens is 189 g/mol. The van der Waals surface area contributed by atoms with Crippen LogP contribution in [-0.2, 0) is 0 Å². The van der Waals surface area contributed by atoms with Gasteiger partial charge in [0.15, 0.2) is 0 Å². The molecule has 0 aliphatic carbocycles. The Morgan fingerprint density at radius 1 is 1.40 bits per heavy atom. The lowest BCUT2D eigenvalue weighted by atomic mass is 9.91. The second-order valence-corrected chi connectivity index (χ2v) is 4.09. The summed E-state index contributed by atoms with van der Waals surface area (Å²) in [4.78, 5) is 0. The van der Waals surface area contributed by atoms with Crippen LogP contribution in [0.1, 0.15) is 38.3 Å². The van der Waals surface area contributed by atoms with Crippen LogP contribution < -0.4 is 5.32 Å². The van der Waals surface area contributed by atoms with Crippen molar-refractivity contribution in [3.8, 4) is 0 Å². The van der Waals surface area contributed by atoms with Crippen LogP contribution >= 0.6 is 0 Å². The highest BCUT2D eigenvalue weighted by molar-refractivity contribution is 5.20. The maximum Gasteiger partial charge on any atom is 0.123 e. The van der Waals surface area contributed by atoms with Crippen LogP contribution in [0.4, 0.5) is 4.39 Å². The highest BCUT2D eigenvalue weighted by Crippen LogP contribution is 2.25. The van der Waals surface area contributed by atoms with Gasteiger partial charge >= 0.3 is 0 Å². The van der Waals surface area contributed by atoms with Crippen molar-refractivity contribution >= 4 is 0 Å². The molecule has 0 spiro atoms. The normalized spacial score (nSPS) is 14.9. The summed E-state index contributed by atoms with van der Waals surface area (Å²) in [5, 5.41) is 3.26. The molecule has 0 radical (unpaired) electrons. The van der Waals surface area contributed by atoms with Gasteiger partial charge in [-0.05, 0) is 37.1 Å². The summed E-state index contributed by atoms with van der Waals surface area (Å²) in [6.45, 7) is 4.38. The molecule has 84 valence electrons. The van der Waals surface area contributed by atoms with Gasteiger partial charge in [0, 0.05) is 6.04 Å². The van der Waals surface area contributed by atoms with Crippen molar-refractivity contribution < 1.29 is 4.39 Å². The van der Waals surface area contributed by atoms with E-state index in [4.69, 9.17) is 0 Å². The number of nitrogens with one attached hydrogen (secondary N) is 1. The number of benzene rings is 1. The Balaban J connectivity index is 2.82. The van der Waals surface area contributed by atoms with Crippen molar-refractivity contribution in [3.05, 3.63) is 35.6 Å². The molecule has 0 bridgehead atoms. The van der Waals surface area contributed by atoms with Crippen molar-refractivity contribution in [3.63, 3.8) is 0 Å². The third kappa shape index (κ3) is 3.31. The fourth-order valence-corrected chi connectivity index (χ4v) is 2.10. The lowest BCUT2D eigenvalue weighted by Crippen LogP contribution is -2.23. The van der Waals surface area contributed by atoms with E-state index >= 15 is 0 Å². The zero-order valence-corrected chi connectivity index (χ0v) is 9.76. The van der Waals surface area contributed by atoms with Crippen LogP contribution in [0.15, 0.2) is 24.3 Å². The van der Waals surface area contributed by atoms with E-state index in [1.165, 1.54) is 6.07 Å². The van der Waals surface area contributed by atoms with Crippen LogP contribution in [-0.4, -0.2) is 7.05 Å². The van der Waals surface area contributed by atoms with Gasteiger partial charge in [-0.1, -0.05) is 32.4 Å². The molecule has 0 aliphatic rings. The van der Waals surface area contributed by atoms with E-state index in [-0.39, 0.29) is 11.9 Å². The molecule has 1 rings (SSSR count). The Hall–Kier alpha value is -0.890. The molecule has 2 unspecified atom stereocenters. The summed E-state index contributed by atoms with van der Waals surface area (Å²) in [7, 11) is 1.93. The van der Waals surface area contributed by atoms with E-state index in [0.717, 1.165) is 18.4 Å². The first kappa shape index (κ1) is 12.2. The minimum Gasteiger partial charge on any atom is -0.313 e. The van der Waals surface area contributed by atoms with Gasteiger partial charge in [-0.2, -0.15) is 0 Å². The maximum atomic E-state index is 13.1. The van der Waals surface area contributed by atoms with E-state index in [1.807, 2.05) is 13.1 Å². The van der Waals surface area contributed by atoms with Crippen LogP contribution in [0.5, 0.6) is 0 Å². The molecule has 2 atom stereocenters. The fraction of sp³-hybridized carbons (Fsp3) is 0.538. The van der Waals surface area contributed by atoms with Gasteiger partial charge in [0.2, 0.25) is 0 Å². The highest BCUT2D eigenvalue weighted by Gasteiger charge is 2.16. The molecular formula is C13H20FN. The Morgan fingerprint density at radius 2 is 2.13 bits per heavy atom. The van der Waals surface area contributed by atoms with E-state index in [1.54, 1.807) is 12.1 Å². The predicted molar refractivity (Wildman–Crippen MR) is 62.3 cm³/mol. The molecule has 1 aromatic carbocycles. The number of rotatable bonds is 5. The summed E-state index contributed by atoms with van der Waals surface area (Å²) in [5.74, 6) is 0.373. The fourth-order valence-electron chi connectivity index (χ4n) is 2.10. The van der Waals surface area contributed by atoms with Crippen LogP contribution in [0, 0.1) is 11.7 Å². The number of hydrogen-bond donors (Lipinski definition) is 1. The first-order chi connectivity index (χ1) is 7.19. The molecule has 0 amide bonds. The summed E-state index contributed by atoms with van der Waals surface area (Å²) >= 11 is 0. The Kier molecular flexibility index (Phi) is 4.76. The molecule has 0 aliphatic heterocycles. The summed E-state index contributed by atoms with van der Waals surface area (Å²) in [6, 6.07) is 7.11. The molecule has 2 heteroatoms. The maximum absolute atomic E-state index is 13.1. The molecule has 1 nitrogen and oxygen atoms in total. The molecule has 0 saturated heterocycles. The lowest BCUT2D eigenvalue weighted by molar-refractivity contribution is 0.382. The van der Waals surface area contributed by atoms with Crippen molar-refractivity contribution in [1.29, 1.82) is 0 Å². The molecule has 0 saturated carbocycles. The van der Waals surface area contributed by atoms with Gasteiger partial charge in [0.05, 0.1) is 0 Å². The van der Waals surface area contributed by atoms with Crippen molar-refractivity contribution in [2.24, 2.45) is 5.92 Å². The minimum absolute atomic E-state index is 0.156. The number of hydrogen-bond acceptors (Lipinski definition) is 1. The Morgan fingerprint density at radius 3 is 2.67 bits per heavy atom. The standard InChI is InChI=1S/C13H20FN/c1-4-6-10(2)13(15-3)11-7-5-8-12(14)9-11/h5,7-10,13,15H,4,6H2,1-3H3. The van der Waals surface area contributed by atoms with Crippen molar-refractivity contribution in [2.45, 2.75) is 32.7 Å². The third-order valence-corrected chi connectivity index (χ3v) is 2.83. The Labute approximate surface area is 91.7 Å². The van der Waals surface area contributed by atoms with Crippen LogP contribution in [0.3, 0.4) is 0 Å². The smallest absolute Gasteiger partial charge is 0.123 e. The van der Waals surface area contributed by atoms with Crippen molar-refractivity contribution in [2.75, 3.05) is 7.05 Å². The van der Waals surface area contributed by atoms with Gasteiger partial charge in [-0.25, -0.2) is 4.39 Å². The highest BCUT2D eigenvalue weighted by atomic mass is 19.1. The molecule has 15 heavy (non-hydrogen) atoms. The van der Waals surface area contributed by atoms with Gasteiger partial charge in [-0.15, -0.1) is 0 Å². The SMILES string of the molecule is CCCC(C)C(NC)c1cccc(F)c1. The second-order valence-electron chi connectivity index (χ2n) is 4.09. The average Bonchev–Trinajstić information content (AvgIpc) is 2.19. The van der Waals surface area contributed by atoms with Crippen LogP contribution in [0.25, 0.3) is 0 Å². The topological polar surface area (TPSA) is 12.0 Å². The van der Waals surface area contributed by atoms with Gasteiger partial charge in [0.25, 0.3) is 0 Å². The van der Waals surface area contributed by atoms with Gasteiger partial charge < -0.3 is 5.32 Å². The largest absolute Gasteiger partial charge is 0.313 e. The zero-order chi connectivity index (χ0) is 11.3. The number of halogens is 1. The monoisotopic (exact) mass is 209 g/mol. The quantitative estimate of drug-likeness (QED) is 0.782. The third-order valence-electron chi connectivity index (χ3n) is 2.83. The van der Waals surface area contributed by atoms with E-state index < -0.39 is 0 Å². The van der Waals surface area contributed by atoms with Crippen LogP contribution in [0.2, 0.25) is 0 Å². The first-order valence-corrected chi connectivity index (χ1v) is 5.61. The molecule has 0 fully saturated rings. The van der Waals surface area contributed by atoms with E-state index in [0.29, 0.717) is 5.92 Å². The Bertz CT molecular complexity index is 298. The van der Waals surface area contributed by atoms with Gasteiger partial charge in [-0.3, -0.25) is 0 Å². The summed E-state index contributed by atoms with van der Waals surface area (Å²) in [5.41, 5.74) is 1.04. The van der Waals surface area contributed by atoms with E-state index in [9.17, 15) is 4.39 Å². The molecule has 1 aromatic rings. The second kappa shape index (κ2) is 5.86.